The Balaban J connectivity index is 1.30. The number of urea groups is 1. The van der Waals surface area contributed by atoms with Crippen molar-refractivity contribution in [2.75, 3.05) is 30.7 Å². The quantitative estimate of drug-likeness (QED) is 0.677. The van der Waals surface area contributed by atoms with E-state index in [-0.39, 0.29) is 17.3 Å². The van der Waals surface area contributed by atoms with Crippen LogP contribution in [0.25, 0.3) is 0 Å². The first-order chi connectivity index (χ1) is 14.4. The Kier molecular flexibility index (Phi) is 5.07. The van der Waals surface area contributed by atoms with Crippen LogP contribution >= 0.6 is 0 Å². The Bertz CT molecular complexity index is 945. The fourth-order valence-electron chi connectivity index (χ4n) is 6.14. The second-order valence-electron chi connectivity index (χ2n) is 9.53. The summed E-state index contributed by atoms with van der Waals surface area (Å²) in [5.74, 6) is -0.0849. The van der Waals surface area contributed by atoms with Crippen LogP contribution in [0.15, 0.2) is 6.07 Å². The zero-order valence-electron chi connectivity index (χ0n) is 17.7. The Labute approximate surface area is 179 Å². The van der Waals surface area contributed by atoms with Crippen LogP contribution in [0.3, 0.4) is 0 Å². The maximum Gasteiger partial charge on any atom is 0.332 e. The molecule has 5 rings (SSSR count). The zero-order chi connectivity index (χ0) is 20.9. The number of sulfonamides is 1. The van der Waals surface area contributed by atoms with Crippen LogP contribution in [-0.4, -0.2) is 56.3 Å². The van der Waals surface area contributed by atoms with Crippen LogP contribution < -0.4 is 15.4 Å². The fourth-order valence-corrected chi connectivity index (χ4v) is 7.48. The molecule has 1 aromatic rings. The summed E-state index contributed by atoms with van der Waals surface area (Å²) < 4.78 is 28.0. The molecule has 2 aliphatic heterocycles. The van der Waals surface area contributed by atoms with E-state index in [1.807, 2.05) is 0 Å². The molecule has 0 bridgehead atoms. The van der Waals surface area contributed by atoms with E-state index in [9.17, 15) is 13.2 Å². The van der Waals surface area contributed by atoms with E-state index in [1.54, 1.807) is 0 Å². The third-order valence-corrected chi connectivity index (χ3v) is 8.97. The van der Waals surface area contributed by atoms with Gasteiger partial charge in [0.25, 0.3) is 0 Å². The molecule has 2 saturated heterocycles. The molecule has 2 amide bonds. The van der Waals surface area contributed by atoms with Crippen LogP contribution in [0, 0.1) is 0 Å². The lowest BCUT2D eigenvalue weighted by Gasteiger charge is -2.46. The summed E-state index contributed by atoms with van der Waals surface area (Å²) in [6, 6.07) is 1.49. The molecule has 2 fully saturated rings. The first kappa shape index (κ1) is 20.3. The van der Waals surface area contributed by atoms with Crippen molar-refractivity contribution in [2.45, 2.75) is 69.9 Å². The normalized spacial score (nSPS) is 28.1. The lowest BCUT2D eigenvalue weighted by Crippen LogP contribution is -2.65. The Morgan fingerprint density at radius 1 is 1.13 bits per heavy atom. The van der Waals surface area contributed by atoms with Crippen LogP contribution in [0.5, 0.6) is 0 Å². The topological polar surface area (TPSA) is 90.5 Å². The molecule has 30 heavy (non-hydrogen) atoms. The molecule has 3 N–H and O–H groups in total. The molecule has 0 radical (unpaired) electrons. The summed E-state index contributed by atoms with van der Waals surface area (Å²) in [5.41, 5.74) is 5.74. The van der Waals surface area contributed by atoms with Gasteiger partial charge in [-0.25, -0.2) is 17.9 Å². The highest BCUT2D eigenvalue weighted by Gasteiger charge is 2.46. The van der Waals surface area contributed by atoms with E-state index in [0.717, 1.165) is 76.7 Å². The summed E-state index contributed by atoms with van der Waals surface area (Å²) in [5, 5.41) is 6.32. The minimum atomic E-state index is -3.76. The van der Waals surface area contributed by atoms with Gasteiger partial charge in [-0.15, -0.1) is 0 Å². The number of amides is 2. The molecule has 4 aliphatic rings. The lowest BCUT2D eigenvalue weighted by atomic mass is 9.88. The predicted molar refractivity (Wildman–Crippen MR) is 117 cm³/mol. The SMILES string of the molecule is C[C@@]12CCCN1CCNC2CS(=O)(=O)NC(=O)Nc1c2c(cc3c1CCC3)CCC2. The number of rotatable bonds is 4. The van der Waals surface area contributed by atoms with E-state index < -0.39 is 16.1 Å². The van der Waals surface area contributed by atoms with Crippen molar-refractivity contribution in [1.82, 2.24) is 14.9 Å². The number of aryl methyl sites for hydroxylation is 2. The molecule has 0 saturated carbocycles. The van der Waals surface area contributed by atoms with Gasteiger partial charge >= 0.3 is 6.03 Å². The highest BCUT2D eigenvalue weighted by atomic mass is 32.2. The van der Waals surface area contributed by atoms with Crippen molar-refractivity contribution in [2.24, 2.45) is 0 Å². The Morgan fingerprint density at radius 3 is 2.53 bits per heavy atom. The van der Waals surface area contributed by atoms with E-state index in [1.165, 1.54) is 22.3 Å². The molecule has 2 heterocycles. The van der Waals surface area contributed by atoms with Crippen molar-refractivity contribution in [3.63, 3.8) is 0 Å². The first-order valence-corrected chi connectivity index (χ1v) is 13.0. The van der Waals surface area contributed by atoms with Gasteiger partial charge in [0.2, 0.25) is 10.0 Å². The Hall–Kier alpha value is -1.64. The second-order valence-corrected chi connectivity index (χ2v) is 11.3. The van der Waals surface area contributed by atoms with Gasteiger partial charge in [0.05, 0.1) is 5.75 Å². The molecule has 7 nitrogen and oxygen atoms in total. The number of anilines is 1. The minimum Gasteiger partial charge on any atom is -0.310 e. The standard InChI is InChI=1S/C22H32N4O3S/c1-22-9-4-11-26(22)12-10-23-19(22)14-30(28,29)25-21(27)24-20-17-7-2-5-15(17)13-16-6-3-8-18(16)20/h13,19,23H,2-12,14H2,1H3,(H2,24,25,27)/t19?,22-/m0/s1. The molecular weight excluding hydrogens is 400 g/mol. The number of hydrogen-bond donors (Lipinski definition) is 3. The molecular formula is C22H32N4O3S. The van der Waals surface area contributed by atoms with Gasteiger partial charge in [-0.05, 0) is 87.1 Å². The largest absolute Gasteiger partial charge is 0.332 e. The van der Waals surface area contributed by atoms with E-state index >= 15 is 0 Å². The molecule has 2 atom stereocenters. The van der Waals surface area contributed by atoms with Gasteiger partial charge in [0.1, 0.15) is 0 Å². The first-order valence-electron chi connectivity index (χ1n) is 11.3. The van der Waals surface area contributed by atoms with E-state index in [0.29, 0.717) is 0 Å². The fraction of sp³-hybridized carbons (Fsp3) is 0.682. The average molecular weight is 433 g/mol. The van der Waals surface area contributed by atoms with E-state index in [2.05, 4.69) is 33.2 Å². The predicted octanol–water partition coefficient (Wildman–Crippen LogP) is 1.94. The highest BCUT2D eigenvalue weighted by molar-refractivity contribution is 7.90. The third kappa shape index (κ3) is 3.52. The highest BCUT2D eigenvalue weighted by Crippen LogP contribution is 2.38. The van der Waals surface area contributed by atoms with Gasteiger partial charge in [0, 0.05) is 30.4 Å². The molecule has 0 aromatic heterocycles. The maximum atomic E-state index is 12.9. The van der Waals surface area contributed by atoms with Crippen LogP contribution in [0.1, 0.15) is 54.9 Å². The maximum absolute atomic E-state index is 12.9. The minimum absolute atomic E-state index is 0.0849. The van der Waals surface area contributed by atoms with Crippen molar-refractivity contribution < 1.29 is 13.2 Å². The summed E-state index contributed by atoms with van der Waals surface area (Å²) in [4.78, 5) is 15.1. The number of benzene rings is 1. The number of carbonyl (C=O) groups excluding carboxylic acids is 1. The van der Waals surface area contributed by atoms with Crippen molar-refractivity contribution in [3.8, 4) is 0 Å². The van der Waals surface area contributed by atoms with Gasteiger partial charge in [0.15, 0.2) is 0 Å². The monoisotopic (exact) mass is 432 g/mol. The van der Waals surface area contributed by atoms with Gasteiger partial charge in [-0.3, -0.25) is 4.90 Å². The number of piperazine rings is 1. The van der Waals surface area contributed by atoms with Crippen molar-refractivity contribution in [1.29, 1.82) is 0 Å². The Morgan fingerprint density at radius 2 is 1.83 bits per heavy atom. The van der Waals surface area contributed by atoms with E-state index in [4.69, 9.17) is 0 Å². The molecule has 0 spiro atoms. The lowest BCUT2D eigenvalue weighted by molar-refractivity contribution is 0.0832. The molecule has 164 valence electrons. The van der Waals surface area contributed by atoms with Gasteiger partial charge < -0.3 is 10.6 Å². The van der Waals surface area contributed by atoms with Crippen molar-refractivity contribution in [3.05, 3.63) is 28.3 Å². The van der Waals surface area contributed by atoms with Crippen LogP contribution in [-0.2, 0) is 35.7 Å². The van der Waals surface area contributed by atoms with Crippen LogP contribution in [0.4, 0.5) is 10.5 Å². The number of nitrogens with zero attached hydrogens (tertiary/aromatic N) is 1. The summed E-state index contributed by atoms with van der Waals surface area (Å²) in [7, 11) is -3.76. The summed E-state index contributed by atoms with van der Waals surface area (Å²) in [6.45, 7) is 4.89. The average Bonchev–Trinajstić information content (AvgIpc) is 3.40. The number of nitrogens with one attached hydrogen (secondary N) is 3. The summed E-state index contributed by atoms with van der Waals surface area (Å²) in [6.07, 6.45) is 8.24. The second kappa shape index (κ2) is 7.50. The van der Waals surface area contributed by atoms with Gasteiger partial charge in [-0.1, -0.05) is 6.07 Å². The number of fused-ring (bicyclic) bond motifs is 3. The molecule has 1 unspecified atom stereocenters. The molecule has 8 heteroatoms. The van der Waals surface area contributed by atoms with Gasteiger partial charge in [-0.2, -0.15) is 0 Å². The molecule has 2 aliphatic carbocycles. The number of carbonyl (C=O) groups is 1. The number of hydrogen-bond acceptors (Lipinski definition) is 5. The van der Waals surface area contributed by atoms with Crippen molar-refractivity contribution >= 4 is 21.7 Å². The smallest absolute Gasteiger partial charge is 0.310 e. The third-order valence-electron chi connectivity index (χ3n) is 7.70. The summed E-state index contributed by atoms with van der Waals surface area (Å²) >= 11 is 0. The zero-order valence-corrected chi connectivity index (χ0v) is 18.5. The molecule has 1 aromatic carbocycles. The van der Waals surface area contributed by atoms with Crippen LogP contribution in [0.2, 0.25) is 0 Å².